The van der Waals surface area contributed by atoms with E-state index in [-0.39, 0.29) is 0 Å². The van der Waals surface area contributed by atoms with Crippen LogP contribution in [0.1, 0.15) is 57.1 Å². The Bertz CT molecular complexity index is 429. The first kappa shape index (κ1) is 13.3. The number of fused-ring (bicyclic) bond motifs is 1. The standard InChI is InChI=1S/C14H23N3O/c1-4-18-14(2,3)13-16-11-9-7-5-6-8-10(11)12(15)17-13/h4-9H2,1-3H3,(H2,15,16,17). The van der Waals surface area contributed by atoms with E-state index >= 15 is 0 Å². The summed E-state index contributed by atoms with van der Waals surface area (Å²) in [6.45, 7) is 6.62. The SMILES string of the molecule is CCOC(C)(C)c1nc(N)c2c(n1)CCCCC2. The first-order valence-electron chi connectivity index (χ1n) is 6.84. The number of hydrogen-bond donors (Lipinski definition) is 1. The molecule has 0 amide bonds. The fourth-order valence-electron chi connectivity index (χ4n) is 2.49. The summed E-state index contributed by atoms with van der Waals surface area (Å²) >= 11 is 0. The average molecular weight is 249 g/mol. The van der Waals surface area contributed by atoms with Crippen molar-refractivity contribution in [2.24, 2.45) is 0 Å². The summed E-state index contributed by atoms with van der Waals surface area (Å²) < 4.78 is 5.71. The third-order valence-corrected chi connectivity index (χ3v) is 3.51. The van der Waals surface area contributed by atoms with Crippen LogP contribution in [0.25, 0.3) is 0 Å². The third kappa shape index (κ3) is 2.64. The molecule has 0 saturated carbocycles. The van der Waals surface area contributed by atoms with Gasteiger partial charge >= 0.3 is 0 Å². The Hall–Kier alpha value is -1.16. The lowest BCUT2D eigenvalue weighted by molar-refractivity contribution is -0.0208. The second-order valence-corrected chi connectivity index (χ2v) is 5.36. The minimum absolute atomic E-state index is 0.468. The van der Waals surface area contributed by atoms with E-state index in [1.54, 1.807) is 0 Å². The highest BCUT2D eigenvalue weighted by Crippen LogP contribution is 2.27. The Balaban J connectivity index is 2.40. The van der Waals surface area contributed by atoms with Gasteiger partial charge in [-0.1, -0.05) is 6.42 Å². The van der Waals surface area contributed by atoms with E-state index in [9.17, 15) is 0 Å². The molecule has 0 aliphatic heterocycles. The molecule has 1 aromatic rings. The monoisotopic (exact) mass is 249 g/mol. The van der Waals surface area contributed by atoms with Crippen molar-refractivity contribution < 1.29 is 4.74 Å². The molecule has 0 spiro atoms. The number of nitrogen functional groups attached to an aromatic ring is 1. The maximum Gasteiger partial charge on any atom is 0.162 e. The molecule has 0 bridgehead atoms. The Morgan fingerprint density at radius 3 is 2.61 bits per heavy atom. The largest absolute Gasteiger partial charge is 0.383 e. The summed E-state index contributed by atoms with van der Waals surface area (Å²) in [5, 5.41) is 0. The van der Waals surface area contributed by atoms with Crippen molar-refractivity contribution in [1.82, 2.24) is 9.97 Å². The van der Waals surface area contributed by atoms with E-state index in [1.165, 1.54) is 19.3 Å². The van der Waals surface area contributed by atoms with Crippen molar-refractivity contribution >= 4 is 5.82 Å². The van der Waals surface area contributed by atoms with Gasteiger partial charge in [0.2, 0.25) is 0 Å². The van der Waals surface area contributed by atoms with Crippen LogP contribution in [0.5, 0.6) is 0 Å². The van der Waals surface area contributed by atoms with Crippen LogP contribution < -0.4 is 5.73 Å². The summed E-state index contributed by atoms with van der Waals surface area (Å²) in [5.41, 5.74) is 7.91. The molecule has 100 valence electrons. The molecular weight excluding hydrogens is 226 g/mol. The molecule has 0 saturated heterocycles. The Labute approximate surface area is 109 Å². The molecule has 0 fully saturated rings. The van der Waals surface area contributed by atoms with Crippen molar-refractivity contribution in [1.29, 1.82) is 0 Å². The molecule has 4 nitrogen and oxygen atoms in total. The van der Waals surface area contributed by atoms with Gasteiger partial charge in [-0.3, -0.25) is 0 Å². The zero-order chi connectivity index (χ0) is 13.2. The predicted molar refractivity (Wildman–Crippen MR) is 72.4 cm³/mol. The number of aromatic nitrogens is 2. The van der Waals surface area contributed by atoms with Gasteiger partial charge < -0.3 is 10.5 Å². The van der Waals surface area contributed by atoms with Crippen LogP contribution >= 0.6 is 0 Å². The van der Waals surface area contributed by atoms with E-state index < -0.39 is 5.60 Å². The molecule has 0 aromatic carbocycles. The molecular formula is C14H23N3O. The van der Waals surface area contributed by atoms with E-state index in [0.29, 0.717) is 18.2 Å². The second kappa shape index (κ2) is 5.22. The zero-order valence-electron chi connectivity index (χ0n) is 11.6. The van der Waals surface area contributed by atoms with Crippen molar-refractivity contribution in [2.45, 2.75) is 58.5 Å². The quantitative estimate of drug-likeness (QED) is 0.836. The fraction of sp³-hybridized carbons (Fsp3) is 0.714. The summed E-state index contributed by atoms with van der Waals surface area (Å²) in [7, 11) is 0. The highest BCUT2D eigenvalue weighted by atomic mass is 16.5. The summed E-state index contributed by atoms with van der Waals surface area (Å²) in [4.78, 5) is 9.17. The lowest BCUT2D eigenvalue weighted by atomic mass is 10.1. The molecule has 2 rings (SSSR count). The predicted octanol–water partition coefficient (Wildman–Crippen LogP) is 2.60. The normalized spacial score (nSPS) is 16.2. The van der Waals surface area contributed by atoms with Crippen LogP contribution in [0, 0.1) is 0 Å². The van der Waals surface area contributed by atoms with Gasteiger partial charge in [0, 0.05) is 17.9 Å². The summed E-state index contributed by atoms with van der Waals surface area (Å²) in [6, 6.07) is 0. The summed E-state index contributed by atoms with van der Waals surface area (Å²) in [6.07, 6.45) is 5.65. The topological polar surface area (TPSA) is 61.0 Å². The van der Waals surface area contributed by atoms with Gasteiger partial charge in [0.15, 0.2) is 5.82 Å². The number of ether oxygens (including phenoxy) is 1. The number of nitrogens with zero attached hydrogens (tertiary/aromatic N) is 2. The van der Waals surface area contributed by atoms with Gasteiger partial charge in [0.05, 0.1) is 0 Å². The molecule has 1 aliphatic carbocycles. The third-order valence-electron chi connectivity index (χ3n) is 3.51. The van der Waals surface area contributed by atoms with Crippen molar-refractivity contribution in [2.75, 3.05) is 12.3 Å². The molecule has 0 radical (unpaired) electrons. The van der Waals surface area contributed by atoms with Gasteiger partial charge in [-0.05, 0) is 46.5 Å². The Kier molecular flexibility index (Phi) is 3.85. The maximum absolute atomic E-state index is 6.10. The number of hydrogen-bond acceptors (Lipinski definition) is 4. The van der Waals surface area contributed by atoms with E-state index in [0.717, 1.165) is 24.1 Å². The van der Waals surface area contributed by atoms with Crippen molar-refractivity contribution in [3.8, 4) is 0 Å². The zero-order valence-corrected chi connectivity index (χ0v) is 11.6. The second-order valence-electron chi connectivity index (χ2n) is 5.36. The number of rotatable bonds is 3. The van der Waals surface area contributed by atoms with Crippen LogP contribution in [-0.2, 0) is 23.2 Å². The first-order chi connectivity index (χ1) is 8.54. The number of aryl methyl sites for hydroxylation is 1. The smallest absolute Gasteiger partial charge is 0.162 e. The lowest BCUT2D eigenvalue weighted by Gasteiger charge is -2.24. The van der Waals surface area contributed by atoms with Crippen LogP contribution in [-0.4, -0.2) is 16.6 Å². The molecule has 0 atom stereocenters. The molecule has 1 aliphatic rings. The maximum atomic E-state index is 6.10. The fourth-order valence-corrected chi connectivity index (χ4v) is 2.49. The molecule has 1 heterocycles. The molecule has 0 unspecified atom stereocenters. The minimum atomic E-state index is -0.468. The van der Waals surface area contributed by atoms with Crippen molar-refractivity contribution in [3.05, 3.63) is 17.1 Å². The summed E-state index contributed by atoms with van der Waals surface area (Å²) in [5.74, 6) is 1.35. The van der Waals surface area contributed by atoms with Gasteiger partial charge in [0.25, 0.3) is 0 Å². The van der Waals surface area contributed by atoms with Gasteiger partial charge in [-0.2, -0.15) is 0 Å². The highest BCUT2D eigenvalue weighted by molar-refractivity contribution is 5.43. The molecule has 1 aromatic heterocycles. The number of anilines is 1. The molecule has 2 N–H and O–H groups in total. The molecule has 18 heavy (non-hydrogen) atoms. The van der Waals surface area contributed by atoms with E-state index in [4.69, 9.17) is 15.5 Å². The Morgan fingerprint density at radius 2 is 1.89 bits per heavy atom. The minimum Gasteiger partial charge on any atom is -0.383 e. The average Bonchev–Trinajstić information content (AvgIpc) is 2.54. The highest BCUT2D eigenvalue weighted by Gasteiger charge is 2.27. The van der Waals surface area contributed by atoms with Crippen molar-refractivity contribution in [3.63, 3.8) is 0 Å². The lowest BCUT2D eigenvalue weighted by Crippen LogP contribution is -2.26. The van der Waals surface area contributed by atoms with Gasteiger partial charge in [-0.15, -0.1) is 0 Å². The van der Waals surface area contributed by atoms with Crippen LogP contribution in [0.4, 0.5) is 5.82 Å². The first-order valence-corrected chi connectivity index (χ1v) is 6.84. The van der Waals surface area contributed by atoms with Gasteiger partial charge in [-0.25, -0.2) is 9.97 Å². The van der Waals surface area contributed by atoms with Gasteiger partial charge in [0.1, 0.15) is 11.4 Å². The van der Waals surface area contributed by atoms with Crippen LogP contribution in [0.3, 0.4) is 0 Å². The van der Waals surface area contributed by atoms with Crippen LogP contribution in [0.15, 0.2) is 0 Å². The number of nitrogens with two attached hydrogens (primary N) is 1. The van der Waals surface area contributed by atoms with E-state index in [2.05, 4.69) is 4.98 Å². The van der Waals surface area contributed by atoms with Crippen LogP contribution in [0.2, 0.25) is 0 Å². The Morgan fingerprint density at radius 1 is 1.17 bits per heavy atom. The molecule has 4 heteroatoms. The van der Waals surface area contributed by atoms with E-state index in [1.807, 2.05) is 20.8 Å².